The highest BCUT2D eigenvalue weighted by Crippen LogP contribution is 2.25. The van der Waals surface area contributed by atoms with Crippen LogP contribution in [0.1, 0.15) is 20.8 Å². The third-order valence-corrected chi connectivity index (χ3v) is 4.52. The molecule has 10 heteroatoms. The Morgan fingerprint density at radius 2 is 2.14 bits per heavy atom. The highest BCUT2D eigenvalue weighted by Gasteiger charge is 2.44. The van der Waals surface area contributed by atoms with Crippen molar-refractivity contribution in [1.29, 1.82) is 0 Å². The Labute approximate surface area is 129 Å². The molecule has 114 valence electrons. The second-order valence-corrected chi connectivity index (χ2v) is 7.29. The van der Waals surface area contributed by atoms with Gasteiger partial charge in [-0.2, -0.15) is 0 Å². The highest BCUT2D eigenvalue weighted by molar-refractivity contribution is 8.01. The number of hydrogen-bond donors (Lipinski definition) is 2. The van der Waals surface area contributed by atoms with Gasteiger partial charge in [0.05, 0.1) is 0 Å². The summed E-state index contributed by atoms with van der Waals surface area (Å²) in [7, 11) is 0. The normalized spacial score (nSPS) is 17.0. The number of urea groups is 1. The monoisotopic (exact) mass is 329 g/mol. The van der Waals surface area contributed by atoms with Crippen molar-refractivity contribution in [3.8, 4) is 0 Å². The SMILES string of the molecule is CCSc1nnc(NC(=O)CN2C(=O)NC(C)(C)C2=O)s1. The van der Waals surface area contributed by atoms with Crippen LogP contribution in [0.15, 0.2) is 4.34 Å². The highest BCUT2D eigenvalue weighted by atomic mass is 32.2. The van der Waals surface area contributed by atoms with Crippen molar-refractivity contribution in [3.63, 3.8) is 0 Å². The molecule has 0 aliphatic carbocycles. The fourth-order valence-electron chi connectivity index (χ4n) is 1.71. The lowest BCUT2D eigenvalue weighted by molar-refractivity contribution is -0.132. The van der Waals surface area contributed by atoms with Gasteiger partial charge in [0.1, 0.15) is 12.1 Å². The maximum atomic E-state index is 11.9. The fourth-order valence-corrected chi connectivity index (χ4v) is 3.37. The number of rotatable bonds is 5. The number of imide groups is 1. The first kappa shape index (κ1) is 15.7. The second kappa shape index (κ2) is 5.98. The molecule has 1 saturated heterocycles. The standard InChI is InChI=1S/C11H15N5O3S2/c1-4-20-10-15-14-8(21-10)12-6(17)5-16-7(18)11(2,3)13-9(16)19/h4-5H2,1-3H3,(H,13,19)(H,12,14,17). The van der Waals surface area contributed by atoms with Crippen LogP contribution in [0.4, 0.5) is 9.93 Å². The third kappa shape index (κ3) is 3.50. The summed E-state index contributed by atoms with van der Waals surface area (Å²) in [5, 5.41) is 13.1. The van der Waals surface area contributed by atoms with E-state index in [1.54, 1.807) is 13.8 Å². The minimum Gasteiger partial charge on any atom is -0.324 e. The van der Waals surface area contributed by atoms with Gasteiger partial charge in [-0.15, -0.1) is 10.2 Å². The molecule has 1 aliphatic heterocycles. The number of anilines is 1. The van der Waals surface area contributed by atoms with Crippen molar-refractivity contribution in [1.82, 2.24) is 20.4 Å². The first-order valence-corrected chi connectivity index (χ1v) is 8.04. The molecular weight excluding hydrogens is 314 g/mol. The Balaban J connectivity index is 1.95. The summed E-state index contributed by atoms with van der Waals surface area (Å²) >= 11 is 2.77. The van der Waals surface area contributed by atoms with E-state index in [2.05, 4.69) is 20.8 Å². The average molecular weight is 329 g/mol. The van der Waals surface area contributed by atoms with E-state index in [4.69, 9.17) is 0 Å². The summed E-state index contributed by atoms with van der Waals surface area (Å²) in [6, 6.07) is -0.570. The molecule has 2 N–H and O–H groups in total. The molecule has 0 saturated carbocycles. The van der Waals surface area contributed by atoms with Crippen LogP contribution >= 0.6 is 23.1 Å². The van der Waals surface area contributed by atoms with Gasteiger partial charge in [0.25, 0.3) is 5.91 Å². The van der Waals surface area contributed by atoms with E-state index in [-0.39, 0.29) is 6.54 Å². The molecule has 8 nitrogen and oxygen atoms in total. The lowest BCUT2D eigenvalue weighted by Crippen LogP contribution is -2.41. The fraction of sp³-hybridized carbons (Fsp3) is 0.545. The van der Waals surface area contributed by atoms with E-state index < -0.39 is 23.4 Å². The first-order valence-electron chi connectivity index (χ1n) is 6.23. The number of carbonyl (C=O) groups is 3. The van der Waals surface area contributed by atoms with Crippen LogP contribution in [0.25, 0.3) is 0 Å². The van der Waals surface area contributed by atoms with Crippen LogP contribution in [0, 0.1) is 0 Å². The Morgan fingerprint density at radius 1 is 1.43 bits per heavy atom. The summed E-state index contributed by atoms with van der Waals surface area (Å²) in [6.07, 6.45) is 0. The Kier molecular flexibility index (Phi) is 4.47. The van der Waals surface area contributed by atoms with Gasteiger partial charge in [-0.25, -0.2) is 4.79 Å². The Hall–Kier alpha value is -1.68. The van der Waals surface area contributed by atoms with E-state index in [0.717, 1.165) is 15.0 Å². The molecule has 0 bridgehead atoms. The summed E-state index contributed by atoms with van der Waals surface area (Å²) in [6.45, 7) is 4.82. The summed E-state index contributed by atoms with van der Waals surface area (Å²) < 4.78 is 0.754. The van der Waals surface area contributed by atoms with E-state index >= 15 is 0 Å². The molecule has 21 heavy (non-hydrogen) atoms. The maximum absolute atomic E-state index is 11.9. The molecule has 0 unspecified atom stereocenters. The lowest BCUT2D eigenvalue weighted by atomic mass is 10.1. The molecule has 1 aromatic rings. The molecule has 0 aromatic carbocycles. The van der Waals surface area contributed by atoms with Gasteiger partial charge in [-0.3, -0.25) is 19.8 Å². The molecular formula is C11H15N5O3S2. The van der Waals surface area contributed by atoms with Gasteiger partial charge >= 0.3 is 6.03 Å². The van der Waals surface area contributed by atoms with Gasteiger partial charge < -0.3 is 5.32 Å². The molecule has 2 rings (SSSR count). The molecule has 2 heterocycles. The van der Waals surface area contributed by atoms with E-state index in [9.17, 15) is 14.4 Å². The van der Waals surface area contributed by atoms with Gasteiger partial charge in [0.15, 0.2) is 4.34 Å². The smallest absolute Gasteiger partial charge is 0.324 e. The van der Waals surface area contributed by atoms with Crippen LogP contribution in [-0.2, 0) is 9.59 Å². The Bertz CT molecular complexity index is 586. The minimum atomic E-state index is -0.981. The third-order valence-electron chi connectivity index (χ3n) is 2.67. The van der Waals surface area contributed by atoms with Gasteiger partial charge in [0, 0.05) is 0 Å². The van der Waals surface area contributed by atoms with E-state index in [1.807, 2.05) is 6.92 Å². The molecule has 0 spiro atoms. The molecule has 0 atom stereocenters. The van der Waals surface area contributed by atoms with Crippen molar-refractivity contribution in [3.05, 3.63) is 0 Å². The molecule has 1 aromatic heterocycles. The van der Waals surface area contributed by atoms with Crippen molar-refractivity contribution in [2.24, 2.45) is 0 Å². The minimum absolute atomic E-state index is 0.343. The van der Waals surface area contributed by atoms with Crippen LogP contribution in [0.2, 0.25) is 0 Å². The number of nitrogens with zero attached hydrogens (tertiary/aromatic N) is 3. The van der Waals surface area contributed by atoms with Crippen molar-refractivity contribution >= 4 is 46.1 Å². The number of carbonyl (C=O) groups excluding carboxylic acids is 3. The van der Waals surface area contributed by atoms with Crippen molar-refractivity contribution in [2.75, 3.05) is 17.6 Å². The lowest BCUT2D eigenvalue weighted by Gasteiger charge is -2.15. The number of nitrogens with one attached hydrogen (secondary N) is 2. The second-order valence-electron chi connectivity index (χ2n) is 4.80. The number of thioether (sulfide) groups is 1. The maximum Gasteiger partial charge on any atom is 0.325 e. The molecule has 1 aliphatic rings. The summed E-state index contributed by atoms with van der Waals surface area (Å²) in [5.41, 5.74) is -0.981. The zero-order chi connectivity index (χ0) is 15.6. The predicted molar refractivity (Wildman–Crippen MR) is 79.3 cm³/mol. The quantitative estimate of drug-likeness (QED) is 0.473. The van der Waals surface area contributed by atoms with Crippen LogP contribution in [0.5, 0.6) is 0 Å². The van der Waals surface area contributed by atoms with Crippen molar-refractivity contribution in [2.45, 2.75) is 30.6 Å². The molecule has 1 fully saturated rings. The largest absolute Gasteiger partial charge is 0.325 e. The summed E-state index contributed by atoms with van der Waals surface area (Å²) in [4.78, 5) is 36.4. The van der Waals surface area contributed by atoms with Gasteiger partial charge in [0.2, 0.25) is 11.0 Å². The molecule has 0 radical (unpaired) electrons. The zero-order valence-corrected chi connectivity index (χ0v) is 13.4. The zero-order valence-electron chi connectivity index (χ0n) is 11.8. The summed E-state index contributed by atoms with van der Waals surface area (Å²) in [5.74, 6) is -0.0531. The van der Waals surface area contributed by atoms with Gasteiger partial charge in [-0.05, 0) is 19.6 Å². The number of amides is 4. The first-order chi connectivity index (χ1) is 9.83. The molecule has 4 amide bonds. The van der Waals surface area contributed by atoms with Crippen LogP contribution in [0.3, 0.4) is 0 Å². The van der Waals surface area contributed by atoms with E-state index in [1.165, 1.54) is 23.1 Å². The van der Waals surface area contributed by atoms with Crippen molar-refractivity contribution < 1.29 is 14.4 Å². The predicted octanol–water partition coefficient (Wildman–Crippen LogP) is 0.919. The van der Waals surface area contributed by atoms with Crippen LogP contribution < -0.4 is 10.6 Å². The average Bonchev–Trinajstić information content (AvgIpc) is 2.88. The topological polar surface area (TPSA) is 104 Å². The van der Waals surface area contributed by atoms with E-state index in [0.29, 0.717) is 5.13 Å². The van der Waals surface area contributed by atoms with Crippen LogP contribution in [-0.4, -0.2) is 50.8 Å². The number of hydrogen-bond acceptors (Lipinski definition) is 7. The van der Waals surface area contributed by atoms with Gasteiger partial charge in [-0.1, -0.05) is 30.0 Å². The number of aromatic nitrogens is 2. The Morgan fingerprint density at radius 3 is 2.71 bits per heavy atom.